The summed E-state index contributed by atoms with van der Waals surface area (Å²) in [5.41, 5.74) is 0. The molecule has 0 spiro atoms. The smallest absolute Gasteiger partial charge is 0.457 e. The van der Waals surface area contributed by atoms with Gasteiger partial charge in [0, 0.05) is 13.0 Å². The van der Waals surface area contributed by atoms with Crippen LogP contribution in [0.25, 0.3) is 0 Å². The average Bonchev–Trinajstić information content (AvgIpc) is 3.24. The van der Waals surface area contributed by atoms with Gasteiger partial charge in [-0.1, -0.05) is 193 Å². The van der Waals surface area contributed by atoms with E-state index in [2.05, 4.69) is 26.0 Å². The number of phosphoric ester groups is 1. The molecule has 1 aliphatic rings. The zero-order chi connectivity index (χ0) is 44.8. The summed E-state index contributed by atoms with van der Waals surface area (Å²) in [6, 6.07) is 0. The molecule has 362 valence electrons. The molecule has 0 bridgehead atoms. The van der Waals surface area contributed by atoms with E-state index in [0.717, 1.165) is 38.5 Å². The molecule has 6 atom stereocenters. The van der Waals surface area contributed by atoms with Crippen molar-refractivity contribution in [3.8, 4) is 0 Å². The van der Waals surface area contributed by atoms with Crippen LogP contribution in [-0.2, 0) is 27.9 Å². The van der Waals surface area contributed by atoms with E-state index in [1.165, 1.54) is 161 Å². The van der Waals surface area contributed by atoms with Crippen LogP contribution < -0.4 is 0 Å². The van der Waals surface area contributed by atoms with Crippen LogP contribution in [0.15, 0.2) is 12.2 Å². The number of aliphatic hydroxyl groups is 5. The number of aliphatic hydroxyl groups excluding tert-OH is 5. The van der Waals surface area contributed by atoms with Gasteiger partial charge in [-0.15, -0.1) is 0 Å². The highest BCUT2D eigenvalue weighted by molar-refractivity contribution is 7.47. The van der Waals surface area contributed by atoms with Gasteiger partial charge >= 0.3 is 13.8 Å². The normalized spacial score (nSPS) is 22.2. The van der Waals surface area contributed by atoms with Crippen LogP contribution in [0.4, 0.5) is 0 Å². The Kier molecular flexibility index (Phi) is 37.6. The lowest BCUT2D eigenvalue weighted by Gasteiger charge is -2.41. The standard InChI is InChI=1S/C48H93O12P/c1-3-5-7-9-11-13-15-16-17-18-19-20-21-22-23-24-25-26-27-28-30-32-34-36-38-57-39-41(59-42(49)37-35-33-31-29-14-12-10-8-6-4-2)40-58-61(55,56)60-48-46(53)44(51)43(50)45(52)47(48)54/h18-19,41,43-48,50-54H,3-17,20-40H2,1-2H3,(H,55,56)/b19-18-. The topological polar surface area (TPSA) is 192 Å². The van der Waals surface area contributed by atoms with Crippen LogP contribution in [0, 0.1) is 0 Å². The van der Waals surface area contributed by atoms with Crippen LogP contribution in [0.1, 0.15) is 226 Å². The Morgan fingerprint density at radius 2 is 0.869 bits per heavy atom. The minimum Gasteiger partial charge on any atom is -0.457 e. The second-order valence-corrected chi connectivity index (χ2v) is 19.1. The first-order valence-electron chi connectivity index (χ1n) is 25.0. The van der Waals surface area contributed by atoms with Crippen molar-refractivity contribution in [1.82, 2.24) is 0 Å². The van der Waals surface area contributed by atoms with Crippen molar-refractivity contribution in [2.45, 2.75) is 268 Å². The third-order valence-electron chi connectivity index (χ3n) is 11.9. The van der Waals surface area contributed by atoms with Crippen LogP contribution >= 0.6 is 7.82 Å². The van der Waals surface area contributed by atoms with Crippen molar-refractivity contribution in [3.05, 3.63) is 12.2 Å². The molecule has 1 aliphatic carbocycles. The molecule has 0 amide bonds. The highest BCUT2D eigenvalue weighted by atomic mass is 31.2. The highest BCUT2D eigenvalue weighted by Gasteiger charge is 2.51. The molecular formula is C48H93O12P. The lowest BCUT2D eigenvalue weighted by molar-refractivity contribution is -0.220. The van der Waals surface area contributed by atoms with Crippen molar-refractivity contribution in [2.75, 3.05) is 19.8 Å². The minimum atomic E-state index is -5.01. The van der Waals surface area contributed by atoms with Crippen LogP contribution in [0.2, 0.25) is 0 Å². The van der Waals surface area contributed by atoms with Gasteiger partial charge in [0.1, 0.15) is 42.7 Å². The van der Waals surface area contributed by atoms with Gasteiger partial charge in [0.15, 0.2) is 0 Å². The Bertz CT molecular complexity index is 1060. The fraction of sp³-hybridized carbons (Fsp3) is 0.938. The Labute approximate surface area is 371 Å². The number of phosphoric acid groups is 1. The van der Waals surface area contributed by atoms with Crippen molar-refractivity contribution in [1.29, 1.82) is 0 Å². The second-order valence-electron chi connectivity index (χ2n) is 17.7. The number of carbonyl (C=O) groups is 1. The maximum atomic E-state index is 12.8. The molecule has 0 heterocycles. The van der Waals surface area contributed by atoms with E-state index >= 15 is 0 Å². The number of unbranched alkanes of at least 4 members (excludes halogenated alkanes) is 29. The summed E-state index contributed by atoms with van der Waals surface area (Å²) in [6.07, 6.45) is 31.6. The minimum absolute atomic E-state index is 0.0713. The summed E-state index contributed by atoms with van der Waals surface area (Å²) < 4.78 is 34.2. The molecule has 1 fully saturated rings. The fourth-order valence-corrected chi connectivity index (χ4v) is 8.85. The van der Waals surface area contributed by atoms with E-state index in [4.69, 9.17) is 18.5 Å². The molecule has 1 rings (SSSR count). The molecule has 61 heavy (non-hydrogen) atoms. The summed E-state index contributed by atoms with van der Waals surface area (Å²) in [5.74, 6) is -0.476. The molecule has 0 radical (unpaired) electrons. The summed E-state index contributed by atoms with van der Waals surface area (Å²) in [5, 5.41) is 50.2. The highest BCUT2D eigenvalue weighted by Crippen LogP contribution is 2.47. The lowest BCUT2D eigenvalue weighted by atomic mass is 9.85. The lowest BCUT2D eigenvalue weighted by Crippen LogP contribution is -2.64. The third kappa shape index (κ3) is 31.6. The number of carbonyl (C=O) groups excluding carboxylic acids is 1. The number of rotatable bonds is 43. The number of hydrogen-bond donors (Lipinski definition) is 6. The SMILES string of the molecule is CCCCCCCCCC/C=C\CCCCCCCCCCCCCCOCC(COP(=O)(O)OC1C(O)C(O)C(O)C(O)C1O)OC(=O)CCCCCCCCCCCC. The van der Waals surface area contributed by atoms with Gasteiger partial charge in [-0.2, -0.15) is 0 Å². The Morgan fingerprint density at radius 1 is 0.508 bits per heavy atom. The largest absolute Gasteiger partial charge is 0.472 e. The van der Waals surface area contributed by atoms with E-state index in [0.29, 0.717) is 13.0 Å². The maximum absolute atomic E-state index is 12.8. The molecule has 0 aliphatic heterocycles. The summed E-state index contributed by atoms with van der Waals surface area (Å²) in [6.45, 7) is 4.26. The van der Waals surface area contributed by atoms with Gasteiger partial charge in [-0.05, 0) is 38.5 Å². The number of allylic oxidation sites excluding steroid dienone is 2. The quantitative estimate of drug-likeness (QED) is 0.0147. The van der Waals surface area contributed by atoms with E-state index < -0.39 is 63.1 Å². The monoisotopic (exact) mass is 893 g/mol. The van der Waals surface area contributed by atoms with E-state index in [1.54, 1.807) is 0 Å². The molecule has 6 N–H and O–H groups in total. The second kappa shape index (κ2) is 39.4. The first-order chi connectivity index (χ1) is 29.5. The van der Waals surface area contributed by atoms with Crippen molar-refractivity contribution in [2.24, 2.45) is 0 Å². The first kappa shape index (κ1) is 58.1. The van der Waals surface area contributed by atoms with Crippen LogP contribution in [0.3, 0.4) is 0 Å². The molecule has 12 nitrogen and oxygen atoms in total. The van der Waals surface area contributed by atoms with Crippen molar-refractivity contribution < 1.29 is 58.3 Å². The summed E-state index contributed by atoms with van der Waals surface area (Å²) in [7, 11) is -5.01. The summed E-state index contributed by atoms with van der Waals surface area (Å²) in [4.78, 5) is 23.1. The predicted molar refractivity (Wildman–Crippen MR) is 244 cm³/mol. The number of esters is 1. The van der Waals surface area contributed by atoms with Crippen LogP contribution in [0.5, 0.6) is 0 Å². The molecule has 0 aromatic carbocycles. The first-order valence-corrected chi connectivity index (χ1v) is 26.5. The van der Waals surface area contributed by atoms with Gasteiger partial charge in [-0.25, -0.2) is 4.57 Å². The zero-order valence-electron chi connectivity index (χ0n) is 38.7. The van der Waals surface area contributed by atoms with E-state index in [-0.39, 0.29) is 13.0 Å². The molecule has 13 heteroatoms. The Hall–Kier alpha value is -0.920. The van der Waals surface area contributed by atoms with Crippen molar-refractivity contribution in [3.63, 3.8) is 0 Å². The number of ether oxygens (including phenoxy) is 2. The van der Waals surface area contributed by atoms with Gasteiger partial charge in [0.25, 0.3) is 0 Å². The molecule has 0 aromatic rings. The summed E-state index contributed by atoms with van der Waals surface area (Å²) >= 11 is 0. The Morgan fingerprint density at radius 3 is 1.30 bits per heavy atom. The molecule has 0 aromatic heterocycles. The zero-order valence-corrected chi connectivity index (χ0v) is 39.6. The maximum Gasteiger partial charge on any atom is 0.472 e. The molecule has 0 saturated heterocycles. The predicted octanol–water partition coefficient (Wildman–Crippen LogP) is 10.7. The van der Waals surface area contributed by atoms with E-state index in [1.807, 2.05) is 0 Å². The van der Waals surface area contributed by atoms with Gasteiger partial charge < -0.3 is 39.9 Å². The average molecular weight is 893 g/mol. The molecule has 1 saturated carbocycles. The molecular weight excluding hydrogens is 799 g/mol. The van der Waals surface area contributed by atoms with Crippen molar-refractivity contribution >= 4 is 13.8 Å². The van der Waals surface area contributed by atoms with Gasteiger partial charge in [0.05, 0.1) is 13.2 Å². The third-order valence-corrected chi connectivity index (χ3v) is 12.9. The fourth-order valence-electron chi connectivity index (χ4n) is 7.88. The number of hydrogen-bond acceptors (Lipinski definition) is 11. The van der Waals surface area contributed by atoms with E-state index in [9.17, 15) is 39.8 Å². The van der Waals surface area contributed by atoms with Gasteiger partial charge in [-0.3, -0.25) is 13.8 Å². The van der Waals surface area contributed by atoms with Crippen LogP contribution in [-0.4, -0.2) is 98.9 Å². The van der Waals surface area contributed by atoms with Gasteiger partial charge in [0.2, 0.25) is 0 Å². The molecule has 6 unspecified atom stereocenters. The Balaban J connectivity index is 2.26.